The van der Waals surface area contributed by atoms with E-state index >= 15 is 0 Å². The fourth-order valence-corrected chi connectivity index (χ4v) is 1.78. The maximum atomic E-state index is 12.1. The van der Waals surface area contributed by atoms with Crippen molar-refractivity contribution in [2.45, 2.75) is 27.7 Å². The van der Waals surface area contributed by atoms with Crippen LogP contribution in [0.5, 0.6) is 0 Å². The maximum absolute atomic E-state index is 12.1. The summed E-state index contributed by atoms with van der Waals surface area (Å²) in [6.07, 6.45) is 0. The molecule has 0 saturated heterocycles. The number of nitrogens with one attached hydrogen (secondary N) is 3. The van der Waals surface area contributed by atoms with E-state index in [0.717, 1.165) is 11.3 Å². The zero-order valence-electron chi connectivity index (χ0n) is 13.8. The molecule has 0 radical (unpaired) electrons. The number of benzene rings is 1. The van der Waals surface area contributed by atoms with Crippen LogP contribution in [0.1, 0.15) is 26.3 Å². The van der Waals surface area contributed by atoms with Crippen LogP contribution in [-0.4, -0.2) is 25.4 Å². The van der Waals surface area contributed by atoms with Gasteiger partial charge in [-0.25, -0.2) is 0 Å². The molecule has 0 spiro atoms. The van der Waals surface area contributed by atoms with Gasteiger partial charge in [0.15, 0.2) is 0 Å². The zero-order chi connectivity index (χ0) is 16.0. The second-order valence-electron chi connectivity index (χ2n) is 5.62. The van der Waals surface area contributed by atoms with Crippen LogP contribution < -0.4 is 16.0 Å². The number of rotatable bonds is 6. The highest BCUT2D eigenvalue weighted by molar-refractivity contribution is 5.96. The third-order valence-corrected chi connectivity index (χ3v) is 3.25. The first-order chi connectivity index (χ1) is 9.85. The molecule has 124 valence electrons. The number of hydrogen-bond donors (Lipinski definition) is 3. The summed E-state index contributed by atoms with van der Waals surface area (Å²) < 4.78 is 0. The first-order valence-corrected chi connectivity index (χ1v) is 7.22. The minimum atomic E-state index is -0.122. The fourth-order valence-electron chi connectivity index (χ4n) is 1.78. The molecule has 0 aliphatic heterocycles. The minimum absolute atomic E-state index is 0. The molecule has 3 N–H and O–H groups in total. The van der Waals surface area contributed by atoms with Gasteiger partial charge >= 0.3 is 0 Å². The molecule has 1 rings (SSSR count). The summed E-state index contributed by atoms with van der Waals surface area (Å²) in [5.74, 6) is -0.289. The summed E-state index contributed by atoms with van der Waals surface area (Å²) >= 11 is 0. The van der Waals surface area contributed by atoms with E-state index in [1.54, 1.807) is 6.07 Å². The van der Waals surface area contributed by atoms with Crippen LogP contribution in [0.25, 0.3) is 0 Å². The Bertz CT molecular complexity index is 518. The van der Waals surface area contributed by atoms with Gasteiger partial charge < -0.3 is 16.0 Å². The van der Waals surface area contributed by atoms with E-state index in [-0.39, 0.29) is 36.1 Å². The van der Waals surface area contributed by atoms with Gasteiger partial charge in [0.2, 0.25) is 11.8 Å². The Hall–Kier alpha value is -1.59. The maximum Gasteiger partial charge on any atom is 0.228 e. The molecule has 0 aliphatic rings. The van der Waals surface area contributed by atoms with Crippen molar-refractivity contribution in [2.24, 2.45) is 11.8 Å². The zero-order valence-corrected chi connectivity index (χ0v) is 14.6. The molecule has 1 aromatic rings. The quantitative estimate of drug-likeness (QED) is 0.752. The number of aryl methyl sites for hydroxylation is 1. The van der Waals surface area contributed by atoms with Crippen molar-refractivity contribution in [1.82, 2.24) is 5.32 Å². The van der Waals surface area contributed by atoms with Crippen LogP contribution in [0.3, 0.4) is 0 Å². The van der Waals surface area contributed by atoms with Gasteiger partial charge in [0.25, 0.3) is 0 Å². The summed E-state index contributed by atoms with van der Waals surface area (Å²) in [7, 11) is 1.82. The molecule has 1 atom stereocenters. The molecule has 6 heteroatoms. The van der Waals surface area contributed by atoms with Crippen molar-refractivity contribution in [3.63, 3.8) is 0 Å². The van der Waals surface area contributed by atoms with Crippen LogP contribution in [0.4, 0.5) is 11.4 Å². The van der Waals surface area contributed by atoms with Crippen LogP contribution in [0.2, 0.25) is 0 Å². The molecule has 1 aromatic carbocycles. The largest absolute Gasteiger partial charge is 0.326 e. The molecule has 0 heterocycles. The lowest BCUT2D eigenvalue weighted by atomic mass is 10.1. The van der Waals surface area contributed by atoms with E-state index in [0.29, 0.717) is 12.2 Å². The standard InChI is InChI=1S/C16H25N3O2.ClH/c1-10(2)15(20)18-13-7-6-11(3)14(8-13)19-16(21)12(4)9-17-5;/h6-8,10,12,17H,9H2,1-5H3,(H,18,20)(H,19,21);1H. The Morgan fingerprint density at radius 3 is 2.27 bits per heavy atom. The van der Waals surface area contributed by atoms with E-state index in [2.05, 4.69) is 16.0 Å². The van der Waals surface area contributed by atoms with Gasteiger partial charge in [0, 0.05) is 29.8 Å². The van der Waals surface area contributed by atoms with Gasteiger partial charge in [-0.15, -0.1) is 12.4 Å². The summed E-state index contributed by atoms with van der Waals surface area (Å²) in [5.41, 5.74) is 2.38. The fraction of sp³-hybridized carbons (Fsp3) is 0.500. The predicted octanol–water partition coefficient (Wildman–Crippen LogP) is 2.81. The molecule has 2 amide bonds. The van der Waals surface area contributed by atoms with Gasteiger partial charge in [-0.3, -0.25) is 9.59 Å². The number of hydrogen-bond acceptors (Lipinski definition) is 3. The average molecular weight is 328 g/mol. The molecule has 0 aliphatic carbocycles. The third kappa shape index (κ3) is 6.03. The normalized spacial score (nSPS) is 11.5. The second kappa shape index (κ2) is 9.43. The molecule has 5 nitrogen and oxygen atoms in total. The van der Waals surface area contributed by atoms with Crippen molar-refractivity contribution in [3.8, 4) is 0 Å². The summed E-state index contributed by atoms with van der Waals surface area (Å²) in [5, 5.41) is 8.72. The number of halogens is 1. The van der Waals surface area contributed by atoms with Gasteiger partial charge in [-0.05, 0) is 31.7 Å². The highest BCUT2D eigenvalue weighted by Gasteiger charge is 2.14. The van der Waals surface area contributed by atoms with Gasteiger partial charge in [-0.2, -0.15) is 0 Å². The van der Waals surface area contributed by atoms with Crippen molar-refractivity contribution in [1.29, 1.82) is 0 Å². The van der Waals surface area contributed by atoms with E-state index in [1.165, 1.54) is 0 Å². The molecule has 0 bridgehead atoms. The molecular formula is C16H26ClN3O2. The second-order valence-corrected chi connectivity index (χ2v) is 5.62. The Labute approximate surface area is 138 Å². The Kier molecular flexibility index (Phi) is 8.75. The topological polar surface area (TPSA) is 70.2 Å². The van der Waals surface area contributed by atoms with Crippen LogP contribution in [-0.2, 0) is 9.59 Å². The summed E-state index contributed by atoms with van der Waals surface area (Å²) in [4.78, 5) is 23.8. The van der Waals surface area contributed by atoms with Gasteiger partial charge in [0.05, 0.1) is 0 Å². The van der Waals surface area contributed by atoms with Crippen LogP contribution >= 0.6 is 12.4 Å². The van der Waals surface area contributed by atoms with Gasteiger partial charge in [-0.1, -0.05) is 26.8 Å². The smallest absolute Gasteiger partial charge is 0.228 e. The molecule has 0 aromatic heterocycles. The SMILES string of the molecule is CNCC(C)C(=O)Nc1cc(NC(=O)C(C)C)ccc1C.Cl. The molecule has 1 unspecified atom stereocenters. The highest BCUT2D eigenvalue weighted by Crippen LogP contribution is 2.21. The van der Waals surface area contributed by atoms with Crippen molar-refractivity contribution < 1.29 is 9.59 Å². The van der Waals surface area contributed by atoms with Crippen molar-refractivity contribution in [2.75, 3.05) is 24.2 Å². The van der Waals surface area contributed by atoms with E-state index in [1.807, 2.05) is 46.9 Å². The Balaban J connectivity index is 0.00000441. The molecule has 0 fully saturated rings. The Morgan fingerprint density at radius 2 is 1.73 bits per heavy atom. The monoisotopic (exact) mass is 327 g/mol. The number of anilines is 2. The number of carbonyl (C=O) groups excluding carboxylic acids is 2. The summed E-state index contributed by atoms with van der Waals surface area (Å²) in [6.45, 7) is 8.09. The molecular weight excluding hydrogens is 302 g/mol. The van der Waals surface area contributed by atoms with Crippen LogP contribution in [0.15, 0.2) is 18.2 Å². The van der Waals surface area contributed by atoms with Crippen molar-refractivity contribution in [3.05, 3.63) is 23.8 Å². The van der Waals surface area contributed by atoms with Crippen molar-refractivity contribution >= 4 is 35.6 Å². The van der Waals surface area contributed by atoms with Crippen LogP contribution in [0, 0.1) is 18.8 Å². The van der Waals surface area contributed by atoms with Gasteiger partial charge in [0.1, 0.15) is 0 Å². The summed E-state index contributed by atoms with van der Waals surface area (Å²) in [6, 6.07) is 5.51. The average Bonchev–Trinajstić information content (AvgIpc) is 2.42. The molecule has 0 saturated carbocycles. The first-order valence-electron chi connectivity index (χ1n) is 7.22. The lowest BCUT2D eigenvalue weighted by Crippen LogP contribution is -2.28. The van der Waals surface area contributed by atoms with E-state index in [4.69, 9.17) is 0 Å². The number of amides is 2. The predicted molar refractivity (Wildman–Crippen MR) is 93.6 cm³/mol. The lowest BCUT2D eigenvalue weighted by molar-refractivity contribution is -0.119. The molecule has 22 heavy (non-hydrogen) atoms. The minimum Gasteiger partial charge on any atom is -0.326 e. The lowest BCUT2D eigenvalue weighted by Gasteiger charge is -2.15. The van der Waals surface area contributed by atoms with E-state index < -0.39 is 0 Å². The number of carbonyl (C=O) groups is 2. The van der Waals surface area contributed by atoms with E-state index in [9.17, 15) is 9.59 Å². The highest BCUT2D eigenvalue weighted by atomic mass is 35.5. The third-order valence-electron chi connectivity index (χ3n) is 3.25. The Morgan fingerprint density at radius 1 is 1.09 bits per heavy atom. The first kappa shape index (κ1) is 20.4.